The summed E-state index contributed by atoms with van der Waals surface area (Å²) in [7, 11) is 0. The van der Waals surface area contributed by atoms with E-state index in [2.05, 4.69) is 33.4 Å². The van der Waals surface area contributed by atoms with E-state index >= 15 is 0 Å². The maximum atomic E-state index is 3.67. The van der Waals surface area contributed by atoms with Crippen LogP contribution in [0.5, 0.6) is 0 Å². The Bertz CT molecular complexity index is 118. The first-order valence-electron chi connectivity index (χ1n) is 3.96. The molecule has 0 saturated heterocycles. The summed E-state index contributed by atoms with van der Waals surface area (Å²) in [5.41, 5.74) is 1.49. The topological polar surface area (TPSA) is 0 Å². The highest BCUT2D eigenvalue weighted by molar-refractivity contribution is 5.01. The highest BCUT2D eigenvalue weighted by atomic mass is 14.0. The predicted molar refractivity (Wildman–Crippen MR) is 48.0 cm³/mol. The van der Waals surface area contributed by atoms with Crippen molar-refractivity contribution >= 4 is 0 Å². The van der Waals surface area contributed by atoms with Gasteiger partial charge < -0.3 is 0 Å². The third kappa shape index (κ3) is 4.37. The fourth-order valence-electron chi connectivity index (χ4n) is 0.665. The van der Waals surface area contributed by atoms with Crippen LogP contribution < -0.4 is 0 Å². The van der Waals surface area contributed by atoms with Gasteiger partial charge in [-0.1, -0.05) is 31.6 Å². The van der Waals surface area contributed by atoms with E-state index in [-0.39, 0.29) is 0 Å². The van der Waals surface area contributed by atoms with Gasteiger partial charge >= 0.3 is 0 Å². The van der Waals surface area contributed by atoms with Crippen molar-refractivity contribution in [1.29, 1.82) is 0 Å². The zero-order valence-corrected chi connectivity index (χ0v) is 7.35. The lowest BCUT2D eigenvalue weighted by Gasteiger charge is -2.03. The smallest absolute Gasteiger partial charge is 0.0263 e. The highest BCUT2D eigenvalue weighted by Crippen LogP contribution is 2.09. The van der Waals surface area contributed by atoms with Crippen molar-refractivity contribution in [3.63, 3.8) is 0 Å². The minimum absolute atomic E-state index is 0.699. The summed E-state index contributed by atoms with van der Waals surface area (Å²) in [6, 6.07) is 0. The normalized spacial score (nSPS) is 12.2. The molecule has 0 heteroatoms. The van der Waals surface area contributed by atoms with E-state index in [1.807, 2.05) is 6.08 Å². The van der Waals surface area contributed by atoms with Crippen LogP contribution in [0.2, 0.25) is 0 Å². The Morgan fingerprint density at radius 1 is 1.40 bits per heavy atom. The molecular weight excluding hydrogens is 120 g/mol. The molecule has 0 aromatic carbocycles. The second-order valence-corrected chi connectivity index (χ2v) is 2.97. The van der Waals surface area contributed by atoms with Crippen molar-refractivity contribution < 1.29 is 0 Å². The lowest BCUT2D eigenvalue weighted by atomic mass is 10.0. The van der Waals surface area contributed by atoms with Crippen molar-refractivity contribution in [3.8, 4) is 0 Å². The first-order valence-corrected chi connectivity index (χ1v) is 3.96. The van der Waals surface area contributed by atoms with Gasteiger partial charge in [0.15, 0.2) is 0 Å². The lowest BCUT2D eigenvalue weighted by Crippen LogP contribution is -1.87. The van der Waals surface area contributed by atoms with Crippen LogP contribution in [0.4, 0.5) is 0 Å². The summed E-state index contributed by atoms with van der Waals surface area (Å²) in [5.74, 6) is 0.699. The quantitative estimate of drug-likeness (QED) is 0.411. The Morgan fingerprint density at radius 3 is 2.40 bits per heavy atom. The fraction of sp³-hybridized carbons (Fsp3) is 0.600. The molecule has 10 heavy (non-hydrogen) atoms. The van der Waals surface area contributed by atoms with Crippen LogP contribution in [-0.4, -0.2) is 0 Å². The predicted octanol–water partition coefficient (Wildman–Crippen LogP) is 3.55. The van der Waals surface area contributed by atoms with Crippen molar-refractivity contribution in [2.24, 2.45) is 5.92 Å². The third-order valence-electron chi connectivity index (χ3n) is 1.75. The molecule has 58 valence electrons. The molecular formula is C10H18. The molecule has 0 nitrogen and oxygen atoms in total. The van der Waals surface area contributed by atoms with E-state index in [0.717, 1.165) is 12.8 Å². The number of rotatable bonds is 4. The summed E-state index contributed by atoms with van der Waals surface area (Å²) in [6.45, 7) is 10.3. The van der Waals surface area contributed by atoms with Crippen LogP contribution >= 0.6 is 0 Å². The van der Waals surface area contributed by atoms with Gasteiger partial charge in [-0.25, -0.2) is 0 Å². The lowest BCUT2D eigenvalue weighted by molar-refractivity contribution is 0.760. The summed E-state index contributed by atoms with van der Waals surface area (Å²) in [5, 5.41) is 0. The molecule has 0 spiro atoms. The van der Waals surface area contributed by atoms with Crippen LogP contribution in [0.15, 0.2) is 24.3 Å². The average Bonchev–Trinajstić information content (AvgIpc) is 1.88. The van der Waals surface area contributed by atoms with E-state index in [4.69, 9.17) is 0 Å². The summed E-state index contributed by atoms with van der Waals surface area (Å²) in [4.78, 5) is 0. The molecule has 0 aliphatic carbocycles. The summed E-state index contributed by atoms with van der Waals surface area (Å²) < 4.78 is 0. The molecule has 0 radical (unpaired) electrons. The van der Waals surface area contributed by atoms with E-state index in [1.165, 1.54) is 5.57 Å². The number of unbranched alkanes of at least 4 members (excludes halogenated alkanes) is 1. The monoisotopic (exact) mass is 138 g/mol. The fourth-order valence-corrected chi connectivity index (χ4v) is 0.665. The number of allylic oxidation sites excluding steroid dienone is 3. The minimum Gasteiger partial charge on any atom is -0.103 e. The van der Waals surface area contributed by atoms with Crippen LogP contribution in [0, 0.1) is 5.92 Å². The molecule has 0 saturated carbocycles. The van der Waals surface area contributed by atoms with Gasteiger partial charge in [0.05, 0.1) is 0 Å². The van der Waals surface area contributed by atoms with Crippen molar-refractivity contribution in [3.05, 3.63) is 24.3 Å². The van der Waals surface area contributed by atoms with E-state index in [9.17, 15) is 0 Å². The number of hydrogen-bond acceptors (Lipinski definition) is 0. The summed E-state index contributed by atoms with van der Waals surface area (Å²) >= 11 is 0. The molecule has 0 heterocycles. The molecule has 0 bridgehead atoms. The Morgan fingerprint density at radius 2 is 2.00 bits per heavy atom. The van der Waals surface area contributed by atoms with Gasteiger partial charge in [-0.3, -0.25) is 0 Å². The molecule has 0 aliphatic heterocycles. The van der Waals surface area contributed by atoms with E-state index < -0.39 is 0 Å². The Kier molecular flexibility index (Phi) is 5.00. The Hall–Kier alpha value is -0.520. The first-order chi connectivity index (χ1) is 4.68. The van der Waals surface area contributed by atoms with Crippen molar-refractivity contribution in [2.45, 2.75) is 33.6 Å². The third-order valence-corrected chi connectivity index (χ3v) is 1.75. The molecule has 0 amide bonds. The van der Waals surface area contributed by atoms with Crippen LogP contribution in [0.25, 0.3) is 0 Å². The average molecular weight is 138 g/mol. The van der Waals surface area contributed by atoms with Gasteiger partial charge in [-0.2, -0.15) is 0 Å². The van der Waals surface area contributed by atoms with Gasteiger partial charge in [-0.15, -0.1) is 6.58 Å². The molecule has 0 unspecified atom stereocenters. The van der Waals surface area contributed by atoms with Gasteiger partial charge in [0.2, 0.25) is 0 Å². The Labute approximate surface area is 64.6 Å². The largest absolute Gasteiger partial charge is 0.103 e. The highest BCUT2D eigenvalue weighted by Gasteiger charge is 1.93. The standard InChI is InChI=1S/C10H18/c1-5-6-7-8-10(4)9(2)3/h5,8-9H,1,6-7H2,2-4H3/b10-8+. The van der Waals surface area contributed by atoms with Crippen molar-refractivity contribution in [2.75, 3.05) is 0 Å². The van der Waals surface area contributed by atoms with E-state index in [1.54, 1.807) is 0 Å². The maximum absolute atomic E-state index is 3.67. The molecule has 0 aromatic rings. The molecule has 0 fully saturated rings. The van der Waals surface area contributed by atoms with Crippen LogP contribution in [0.1, 0.15) is 33.6 Å². The molecule has 0 aromatic heterocycles. The first kappa shape index (κ1) is 9.48. The zero-order chi connectivity index (χ0) is 7.98. The van der Waals surface area contributed by atoms with Gasteiger partial charge in [0.1, 0.15) is 0 Å². The van der Waals surface area contributed by atoms with Gasteiger partial charge in [0, 0.05) is 0 Å². The molecule has 0 N–H and O–H groups in total. The van der Waals surface area contributed by atoms with E-state index in [0.29, 0.717) is 5.92 Å². The maximum Gasteiger partial charge on any atom is -0.0263 e. The van der Waals surface area contributed by atoms with Gasteiger partial charge in [-0.05, 0) is 25.7 Å². The minimum atomic E-state index is 0.699. The molecule has 0 atom stereocenters. The zero-order valence-electron chi connectivity index (χ0n) is 7.35. The van der Waals surface area contributed by atoms with Gasteiger partial charge in [0.25, 0.3) is 0 Å². The number of hydrogen-bond donors (Lipinski definition) is 0. The SMILES string of the molecule is C=CCC/C=C(\C)C(C)C. The Balaban J connectivity index is 3.57. The second kappa shape index (κ2) is 5.28. The van der Waals surface area contributed by atoms with Crippen LogP contribution in [-0.2, 0) is 0 Å². The van der Waals surface area contributed by atoms with Crippen molar-refractivity contribution in [1.82, 2.24) is 0 Å². The van der Waals surface area contributed by atoms with Crippen LogP contribution in [0.3, 0.4) is 0 Å². The molecule has 0 aliphatic rings. The molecule has 0 rings (SSSR count). The second-order valence-electron chi connectivity index (χ2n) is 2.97. The summed E-state index contributed by atoms with van der Waals surface area (Å²) in [6.07, 6.45) is 6.51.